The zero-order chi connectivity index (χ0) is 16.0. The van der Waals surface area contributed by atoms with Crippen molar-refractivity contribution in [2.45, 2.75) is 38.4 Å². The fourth-order valence-corrected chi connectivity index (χ4v) is 3.15. The van der Waals surface area contributed by atoms with Crippen LogP contribution in [0.15, 0.2) is 23.4 Å². The lowest BCUT2D eigenvalue weighted by atomic mass is 10.1. The molecule has 0 N–H and O–H groups in total. The average molecular weight is 348 g/mol. The summed E-state index contributed by atoms with van der Waals surface area (Å²) in [6, 6.07) is 5.39. The maximum atomic E-state index is 11.7. The Labute approximate surface area is 133 Å². The maximum absolute atomic E-state index is 11.7. The standard InChI is InChI=1S/C13H15Cl2N3O2S/c1-8-5-6-9(7-10(8)14)11-16-17-12(21(15,19)20)18(11)13(2,3)4/h5-7H,1-4H3. The van der Waals surface area contributed by atoms with Gasteiger partial charge in [-0.3, -0.25) is 4.57 Å². The highest BCUT2D eigenvalue weighted by molar-refractivity contribution is 8.13. The summed E-state index contributed by atoms with van der Waals surface area (Å²) in [7, 11) is 1.46. The number of rotatable bonds is 2. The first-order chi connectivity index (χ1) is 9.51. The lowest BCUT2D eigenvalue weighted by Gasteiger charge is -2.24. The second kappa shape index (κ2) is 5.26. The van der Waals surface area contributed by atoms with Crippen LogP contribution in [-0.4, -0.2) is 23.2 Å². The molecular weight excluding hydrogens is 333 g/mol. The smallest absolute Gasteiger partial charge is 0.291 e. The molecule has 1 heterocycles. The summed E-state index contributed by atoms with van der Waals surface area (Å²) in [5, 5.41) is 8.01. The third-order valence-electron chi connectivity index (χ3n) is 2.95. The van der Waals surface area contributed by atoms with Gasteiger partial charge in [-0.2, -0.15) is 0 Å². The molecule has 0 aliphatic heterocycles. The number of hydrogen-bond donors (Lipinski definition) is 0. The normalized spacial score (nSPS) is 12.7. The van der Waals surface area contributed by atoms with Crippen LogP contribution in [-0.2, 0) is 14.6 Å². The van der Waals surface area contributed by atoms with Crippen molar-refractivity contribution in [1.82, 2.24) is 14.8 Å². The van der Waals surface area contributed by atoms with Gasteiger partial charge < -0.3 is 0 Å². The molecule has 1 aromatic carbocycles. The van der Waals surface area contributed by atoms with Crippen molar-refractivity contribution in [1.29, 1.82) is 0 Å². The quantitative estimate of drug-likeness (QED) is 0.778. The zero-order valence-electron chi connectivity index (χ0n) is 12.1. The summed E-state index contributed by atoms with van der Waals surface area (Å²) in [4.78, 5) is 0. The second-order valence-corrected chi connectivity index (χ2v) is 8.58. The molecule has 5 nitrogen and oxygen atoms in total. The number of hydrogen-bond acceptors (Lipinski definition) is 4. The molecule has 8 heteroatoms. The number of aryl methyl sites for hydroxylation is 1. The summed E-state index contributed by atoms with van der Waals surface area (Å²) in [6.07, 6.45) is 0. The van der Waals surface area contributed by atoms with E-state index in [4.69, 9.17) is 22.3 Å². The number of benzene rings is 1. The molecule has 0 unspecified atom stereocenters. The van der Waals surface area contributed by atoms with E-state index in [1.165, 1.54) is 4.57 Å². The largest absolute Gasteiger partial charge is 0.296 e. The average Bonchev–Trinajstić information content (AvgIpc) is 2.76. The van der Waals surface area contributed by atoms with Crippen molar-refractivity contribution < 1.29 is 8.42 Å². The van der Waals surface area contributed by atoms with E-state index < -0.39 is 14.6 Å². The van der Waals surface area contributed by atoms with Gasteiger partial charge in [0.25, 0.3) is 14.2 Å². The number of aromatic nitrogens is 3. The number of halogens is 2. The topological polar surface area (TPSA) is 64.8 Å². The first-order valence-electron chi connectivity index (χ1n) is 6.19. The van der Waals surface area contributed by atoms with Crippen LogP contribution in [0.25, 0.3) is 11.4 Å². The van der Waals surface area contributed by atoms with E-state index in [0.29, 0.717) is 16.4 Å². The van der Waals surface area contributed by atoms with Crippen LogP contribution in [0.3, 0.4) is 0 Å². The zero-order valence-corrected chi connectivity index (χ0v) is 14.4. The molecule has 0 aliphatic carbocycles. The highest BCUT2D eigenvalue weighted by atomic mass is 35.7. The van der Waals surface area contributed by atoms with Crippen LogP contribution in [0.5, 0.6) is 0 Å². The molecule has 1 aromatic heterocycles. The molecule has 0 amide bonds. The molecule has 2 rings (SSSR count). The van der Waals surface area contributed by atoms with Crippen LogP contribution >= 0.6 is 22.3 Å². The van der Waals surface area contributed by atoms with Gasteiger partial charge in [0.1, 0.15) is 0 Å². The predicted molar refractivity (Wildman–Crippen MR) is 83.2 cm³/mol. The minimum atomic E-state index is -3.99. The Morgan fingerprint density at radius 2 is 1.81 bits per heavy atom. The molecule has 0 bridgehead atoms. The van der Waals surface area contributed by atoms with E-state index in [1.54, 1.807) is 6.07 Å². The highest BCUT2D eigenvalue weighted by Crippen LogP contribution is 2.31. The minimum absolute atomic E-state index is 0.275. The van der Waals surface area contributed by atoms with Crippen LogP contribution in [0.1, 0.15) is 26.3 Å². The van der Waals surface area contributed by atoms with E-state index in [2.05, 4.69) is 10.2 Å². The third kappa shape index (κ3) is 3.22. The van der Waals surface area contributed by atoms with Crippen molar-refractivity contribution >= 4 is 31.3 Å². The molecule has 0 saturated heterocycles. The molecule has 0 spiro atoms. The summed E-state index contributed by atoms with van der Waals surface area (Å²) in [5.41, 5.74) is 1.04. The maximum Gasteiger partial charge on any atom is 0.296 e. The van der Waals surface area contributed by atoms with Gasteiger partial charge in [0.2, 0.25) is 0 Å². The van der Waals surface area contributed by atoms with Crippen LogP contribution in [0.4, 0.5) is 0 Å². The summed E-state index contributed by atoms with van der Waals surface area (Å²) < 4.78 is 24.9. The molecule has 21 heavy (non-hydrogen) atoms. The third-order valence-corrected chi connectivity index (χ3v) is 4.47. The predicted octanol–water partition coefficient (Wildman–Crippen LogP) is 3.59. The Morgan fingerprint density at radius 3 is 2.29 bits per heavy atom. The van der Waals surface area contributed by atoms with Gasteiger partial charge in [-0.05, 0) is 39.3 Å². The van der Waals surface area contributed by atoms with Gasteiger partial charge in [0.05, 0.1) is 0 Å². The summed E-state index contributed by atoms with van der Waals surface area (Å²) in [5.74, 6) is 0.406. The number of nitrogens with zero attached hydrogens (tertiary/aromatic N) is 3. The van der Waals surface area contributed by atoms with Gasteiger partial charge in [0, 0.05) is 26.8 Å². The van der Waals surface area contributed by atoms with E-state index in [-0.39, 0.29) is 5.16 Å². The molecule has 0 aliphatic rings. The lowest BCUT2D eigenvalue weighted by Crippen LogP contribution is -2.25. The minimum Gasteiger partial charge on any atom is -0.291 e. The Balaban J connectivity index is 2.76. The molecule has 0 fully saturated rings. The monoisotopic (exact) mass is 347 g/mol. The van der Waals surface area contributed by atoms with Crippen molar-refractivity contribution in [2.75, 3.05) is 0 Å². The van der Waals surface area contributed by atoms with Gasteiger partial charge in [0.15, 0.2) is 5.82 Å². The second-order valence-electron chi connectivity index (χ2n) is 5.71. The summed E-state index contributed by atoms with van der Waals surface area (Å²) >= 11 is 6.13. The van der Waals surface area contributed by atoms with Gasteiger partial charge in [-0.25, -0.2) is 8.42 Å². The molecular formula is C13H15Cl2N3O2S. The summed E-state index contributed by atoms with van der Waals surface area (Å²) in [6.45, 7) is 7.43. The SMILES string of the molecule is Cc1ccc(-c2nnc(S(=O)(=O)Cl)n2C(C)(C)C)cc1Cl. The fraction of sp³-hybridized carbons (Fsp3) is 0.385. The van der Waals surface area contributed by atoms with Crippen molar-refractivity contribution in [3.05, 3.63) is 28.8 Å². The fourth-order valence-electron chi connectivity index (χ4n) is 1.95. The van der Waals surface area contributed by atoms with Crippen molar-refractivity contribution in [3.8, 4) is 11.4 Å². The van der Waals surface area contributed by atoms with E-state index in [0.717, 1.165) is 5.56 Å². The molecule has 0 atom stereocenters. The van der Waals surface area contributed by atoms with Crippen molar-refractivity contribution in [2.24, 2.45) is 0 Å². The van der Waals surface area contributed by atoms with Crippen LogP contribution in [0.2, 0.25) is 5.02 Å². The van der Waals surface area contributed by atoms with Gasteiger partial charge >= 0.3 is 0 Å². The highest BCUT2D eigenvalue weighted by Gasteiger charge is 2.30. The lowest BCUT2D eigenvalue weighted by molar-refractivity contribution is 0.367. The van der Waals surface area contributed by atoms with Crippen LogP contribution in [0, 0.1) is 6.92 Å². The van der Waals surface area contributed by atoms with Crippen molar-refractivity contribution in [3.63, 3.8) is 0 Å². The van der Waals surface area contributed by atoms with Gasteiger partial charge in [-0.1, -0.05) is 23.7 Å². The van der Waals surface area contributed by atoms with E-state index in [1.807, 2.05) is 39.8 Å². The Kier molecular flexibility index (Phi) is 4.08. The molecule has 0 radical (unpaired) electrons. The van der Waals surface area contributed by atoms with E-state index >= 15 is 0 Å². The van der Waals surface area contributed by atoms with E-state index in [9.17, 15) is 8.42 Å². The Morgan fingerprint density at radius 1 is 1.19 bits per heavy atom. The molecule has 0 saturated carbocycles. The first kappa shape index (κ1) is 16.3. The Hall–Kier alpha value is -1.11. The Bertz CT molecular complexity index is 792. The molecule has 2 aromatic rings. The first-order valence-corrected chi connectivity index (χ1v) is 8.87. The molecule has 114 valence electrons. The van der Waals surface area contributed by atoms with Crippen LogP contribution < -0.4 is 0 Å². The van der Waals surface area contributed by atoms with Gasteiger partial charge in [-0.15, -0.1) is 10.2 Å².